The number of alkyl halides is 3. The van der Waals surface area contributed by atoms with Crippen molar-refractivity contribution in [3.63, 3.8) is 0 Å². The van der Waals surface area contributed by atoms with Crippen molar-refractivity contribution in [3.05, 3.63) is 65.0 Å². The molecule has 0 unspecified atom stereocenters. The van der Waals surface area contributed by atoms with Crippen LogP contribution in [0, 0.1) is 11.2 Å². The van der Waals surface area contributed by atoms with Gasteiger partial charge in [-0.25, -0.2) is 4.39 Å². The Balaban J connectivity index is 2.05. The third-order valence-electron chi connectivity index (χ3n) is 3.44. The van der Waals surface area contributed by atoms with Gasteiger partial charge in [0.2, 0.25) is 0 Å². The van der Waals surface area contributed by atoms with E-state index in [4.69, 9.17) is 5.41 Å². The van der Waals surface area contributed by atoms with Gasteiger partial charge in [-0.3, -0.25) is 5.41 Å². The number of nitrogens with zero attached hydrogens (tertiary/aromatic N) is 1. The molecule has 1 N–H and O–H groups in total. The third kappa shape index (κ3) is 2.26. The van der Waals surface area contributed by atoms with E-state index in [-0.39, 0.29) is 18.1 Å². The molecule has 21 heavy (non-hydrogen) atoms. The highest BCUT2D eigenvalue weighted by Crippen LogP contribution is 2.35. The number of hydrogen-bond acceptors (Lipinski definition) is 1. The van der Waals surface area contributed by atoms with Gasteiger partial charge >= 0.3 is 6.18 Å². The minimum atomic E-state index is -4.54. The van der Waals surface area contributed by atoms with Crippen molar-refractivity contribution in [1.29, 1.82) is 5.41 Å². The molecule has 1 heterocycles. The van der Waals surface area contributed by atoms with E-state index >= 15 is 0 Å². The summed E-state index contributed by atoms with van der Waals surface area (Å²) in [5.41, 5.74) is 0.238. The Morgan fingerprint density at radius 2 is 1.76 bits per heavy atom. The minimum absolute atomic E-state index is 0.00354. The van der Waals surface area contributed by atoms with Gasteiger partial charge < -0.3 is 4.90 Å². The summed E-state index contributed by atoms with van der Waals surface area (Å²) in [6.07, 6.45) is -4.54. The predicted molar refractivity (Wildman–Crippen MR) is 70.9 cm³/mol. The lowest BCUT2D eigenvalue weighted by Crippen LogP contribution is -2.24. The molecule has 0 bridgehead atoms. The van der Waals surface area contributed by atoms with Crippen LogP contribution >= 0.6 is 0 Å². The van der Waals surface area contributed by atoms with Crippen molar-refractivity contribution in [1.82, 2.24) is 0 Å². The number of halogens is 4. The van der Waals surface area contributed by atoms with E-state index in [2.05, 4.69) is 0 Å². The molecule has 0 aliphatic carbocycles. The number of fused-ring (bicyclic) bond motifs is 1. The zero-order chi connectivity index (χ0) is 15.2. The molecule has 1 aliphatic heterocycles. The number of rotatable bonds is 1. The summed E-state index contributed by atoms with van der Waals surface area (Å²) in [6.45, 7) is 0.188. The molecule has 1 aliphatic rings. The van der Waals surface area contributed by atoms with E-state index in [9.17, 15) is 17.6 Å². The number of amidine groups is 1. The average molecular weight is 294 g/mol. The molecule has 0 fully saturated rings. The van der Waals surface area contributed by atoms with Crippen LogP contribution in [0.4, 0.5) is 23.2 Å². The fourth-order valence-corrected chi connectivity index (χ4v) is 2.39. The summed E-state index contributed by atoms with van der Waals surface area (Å²) in [7, 11) is 0. The standard InChI is InChI=1S/C15H10F4N2/c16-12-6-5-10(15(17,18)19)7-13(12)21-8-9-3-1-2-4-11(9)14(21)20/h1-7,20H,8H2. The van der Waals surface area contributed by atoms with Gasteiger partial charge in [0.15, 0.2) is 0 Å². The van der Waals surface area contributed by atoms with Crippen LogP contribution in [0.15, 0.2) is 42.5 Å². The number of nitrogens with one attached hydrogen (secondary N) is 1. The van der Waals surface area contributed by atoms with Gasteiger partial charge in [0, 0.05) is 5.56 Å². The molecular formula is C15H10F4N2. The maximum absolute atomic E-state index is 13.9. The van der Waals surface area contributed by atoms with Gasteiger partial charge in [-0.15, -0.1) is 0 Å². The fraction of sp³-hybridized carbons (Fsp3) is 0.133. The summed E-state index contributed by atoms with van der Waals surface area (Å²) in [6, 6.07) is 9.21. The van der Waals surface area contributed by atoms with Crippen LogP contribution in [0.1, 0.15) is 16.7 Å². The van der Waals surface area contributed by atoms with Gasteiger partial charge in [0.05, 0.1) is 17.8 Å². The number of anilines is 1. The van der Waals surface area contributed by atoms with Gasteiger partial charge in [-0.2, -0.15) is 13.2 Å². The Hall–Kier alpha value is -2.37. The van der Waals surface area contributed by atoms with Gasteiger partial charge in [0.1, 0.15) is 11.7 Å². The molecule has 0 amide bonds. The first-order valence-electron chi connectivity index (χ1n) is 6.19. The summed E-state index contributed by atoms with van der Waals surface area (Å²) in [4.78, 5) is 1.25. The second kappa shape index (κ2) is 4.58. The molecule has 108 valence electrons. The van der Waals surface area contributed by atoms with Crippen molar-refractivity contribution >= 4 is 11.5 Å². The van der Waals surface area contributed by atoms with Crippen molar-refractivity contribution in [3.8, 4) is 0 Å². The molecule has 0 radical (unpaired) electrons. The van der Waals surface area contributed by atoms with Crippen molar-refractivity contribution in [2.75, 3.05) is 4.90 Å². The molecule has 2 aromatic rings. The fourth-order valence-electron chi connectivity index (χ4n) is 2.39. The van der Waals surface area contributed by atoms with Crippen LogP contribution in [0.25, 0.3) is 0 Å². The SMILES string of the molecule is N=C1c2ccccc2CN1c1cc(C(F)(F)F)ccc1F. The molecule has 0 atom stereocenters. The van der Waals surface area contributed by atoms with Crippen LogP contribution in [0.2, 0.25) is 0 Å². The highest BCUT2D eigenvalue weighted by Gasteiger charge is 2.33. The Morgan fingerprint density at radius 1 is 1.05 bits per heavy atom. The molecule has 2 nitrogen and oxygen atoms in total. The zero-order valence-corrected chi connectivity index (χ0v) is 10.7. The van der Waals surface area contributed by atoms with E-state index in [1.54, 1.807) is 24.3 Å². The number of benzene rings is 2. The summed E-state index contributed by atoms with van der Waals surface area (Å²) in [5, 5.41) is 8.03. The Labute approximate surface area is 118 Å². The average Bonchev–Trinajstić information content (AvgIpc) is 2.76. The topological polar surface area (TPSA) is 27.1 Å². The van der Waals surface area contributed by atoms with Crippen molar-refractivity contribution < 1.29 is 17.6 Å². The Morgan fingerprint density at radius 3 is 2.43 bits per heavy atom. The van der Waals surface area contributed by atoms with Crippen molar-refractivity contribution in [2.45, 2.75) is 12.7 Å². The largest absolute Gasteiger partial charge is 0.416 e. The normalized spacial score (nSPS) is 14.5. The lowest BCUT2D eigenvalue weighted by molar-refractivity contribution is -0.137. The predicted octanol–water partition coefficient (Wildman–Crippen LogP) is 4.19. The molecule has 0 saturated heterocycles. The second-order valence-corrected chi connectivity index (χ2v) is 4.76. The summed E-state index contributed by atoms with van der Waals surface area (Å²) in [5.74, 6) is -0.774. The zero-order valence-electron chi connectivity index (χ0n) is 10.7. The quantitative estimate of drug-likeness (QED) is 0.784. The first-order valence-corrected chi connectivity index (χ1v) is 6.19. The molecule has 2 aromatic carbocycles. The van der Waals surface area contributed by atoms with Crippen LogP contribution in [-0.4, -0.2) is 5.84 Å². The van der Waals surface area contributed by atoms with E-state index < -0.39 is 17.6 Å². The molecule has 6 heteroatoms. The Bertz CT molecular complexity index is 722. The third-order valence-corrected chi connectivity index (χ3v) is 3.44. The highest BCUT2D eigenvalue weighted by atomic mass is 19.4. The van der Waals surface area contributed by atoms with Gasteiger partial charge in [0.25, 0.3) is 0 Å². The molecule has 0 spiro atoms. The highest BCUT2D eigenvalue weighted by molar-refractivity contribution is 6.11. The van der Waals surface area contributed by atoms with E-state index in [0.717, 1.165) is 17.7 Å². The molecule has 3 rings (SSSR count). The van der Waals surface area contributed by atoms with Crippen LogP contribution in [-0.2, 0) is 12.7 Å². The van der Waals surface area contributed by atoms with Gasteiger partial charge in [-0.05, 0) is 23.8 Å². The smallest absolute Gasteiger partial charge is 0.319 e. The Kier molecular flexibility index (Phi) is 2.97. The van der Waals surface area contributed by atoms with Crippen LogP contribution < -0.4 is 4.90 Å². The van der Waals surface area contributed by atoms with E-state index in [0.29, 0.717) is 11.6 Å². The van der Waals surface area contributed by atoms with E-state index in [1.807, 2.05) is 0 Å². The van der Waals surface area contributed by atoms with Crippen LogP contribution in [0.3, 0.4) is 0 Å². The summed E-state index contributed by atoms with van der Waals surface area (Å²) >= 11 is 0. The maximum atomic E-state index is 13.9. The maximum Gasteiger partial charge on any atom is 0.416 e. The van der Waals surface area contributed by atoms with Crippen LogP contribution in [0.5, 0.6) is 0 Å². The first-order chi connectivity index (χ1) is 9.88. The minimum Gasteiger partial charge on any atom is -0.319 e. The second-order valence-electron chi connectivity index (χ2n) is 4.76. The van der Waals surface area contributed by atoms with E-state index in [1.165, 1.54) is 4.90 Å². The molecular weight excluding hydrogens is 284 g/mol. The number of hydrogen-bond donors (Lipinski definition) is 1. The van der Waals surface area contributed by atoms with Crippen molar-refractivity contribution in [2.24, 2.45) is 0 Å². The monoisotopic (exact) mass is 294 g/mol. The lowest BCUT2D eigenvalue weighted by Gasteiger charge is -2.20. The molecule has 0 aromatic heterocycles. The molecule has 0 saturated carbocycles. The first kappa shape index (κ1) is 13.6. The van der Waals surface area contributed by atoms with Gasteiger partial charge in [-0.1, -0.05) is 24.3 Å². The summed E-state index contributed by atoms with van der Waals surface area (Å²) < 4.78 is 52.2. The lowest BCUT2D eigenvalue weighted by atomic mass is 10.1.